The normalized spacial score (nSPS) is 19.9. The molecule has 12 nitrogen and oxygen atoms in total. The van der Waals surface area contributed by atoms with Crippen molar-refractivity contribution in [3.63, 3.8) is 0 Å². The van der Waals surface area contributed by atoms with Gasteiger partial charge in [0, 0.05) is 13.0 Å². The Labute approximate surface area is 396 Å². The van der Waals surface area contributed by atoms with Crippen molar-refractivity contribution in [1.29, 1.82) is 0 Å². The van der Waals surface area contributed by atoms with E-state index in [1.165, 1.54) is 148 Å². The van der Waals surface area contributed by atoms with Crippen molar-refractivity contribution in [1.82, 2.24) is 0 Å². The first-order valence-corrected chi connectivity index (χ1v) is 27.6. The van der Waals surface area contributed by atoms with E-state index in [4.69, 9.17) is 18.9 Å². The predicted molar refractivity (Wildman–Crippen MR) is 262 cm³/mol. The van der Waals surface area contributed by atoms with Gasteiger partial charge in [0.25, 0.3) is 0 Å². The first kappa shape index (κ1) is 61.3. The van der Waals surface area contributed by atoms with Crippen LogP contribution in [0.5, 0.6) is 0 Å². The maximum Gasteiger partial charge on any atom is 0.397 e. The molecule has 1 aliphatic heterocycles. The van der Waals surface area contributed by atoms with Crippen LogP contribution in [0, 0.1) is 0 Å². The highest BCUT2D eigenvalue weighted by molar-refractivity contribution is 7.80. The van der Waals surface area contributed by atoms with Crippen LogP contribution in [-0.4, -0.2) is 97.5 Å². The van der Waals surface area contributed by atoms with E-state index in [1.54, 1.807) is 0 Å². The summed E-state index contributed by atoms with van der Waals surface area (Å²) in [5, 5.41) is 30.8. The Kier molecular flexibility index (Phi) is 41.1. The van der Waals surface area contributed by atoms with Gasteiger partial charge in [-0.15, -0.1) is 0 Å². The molecule has 0 aliphatic carbocycles. The molecule has 0 aromatic rings. The molecule has 4 N–H and O–H groups in total. The Morgan fingerprint density at radius 2 is 1.02 bits per heavy atom. The molecular formula is C52H96O12S. The number of carbonyl (C=O) groups excluding carboxylic acids is 1. The van der Waals surface area contributed by atoms with Crippen LogP contribution in [0.4, 0.5) is 0 Å². The van der Waals surface area contributed by atoms with Gasteiger partial charge in [-0.3, -0.25) is 9.35 Å². The van der Waals surface area contributed by atoms with Crippen molar-refractivity contribution in [3.05, 3.63) is 36.5 Å². The van der Waals surface area contributed by atoms with Gasteiger partial charge in [-0.05, 0) is 70.6 Å². The fourth-order valence-electron chi connectivity index (χ4n) is 7.99. The summed E-state index contributed by atoms with van der Waals surface area (Å²) in [6, 6.07) is 0. The zero-order chi connectivity index (χ0) is 47.5. The van der Waals surface area contributed by atoms with Gasteiger partial charge in [0.05, 0.1) is 19.8 Å². The van der Waals surface area contributed by atoms with Crippen LogP contribution >= 0.6 is 0 Å². The SMILES string of the molecule is CCCCC/C=C\C/C=C\CCCCCCCCCCCC(=O)OC(COCCCCCCCCCC/C=C\CCCCCCCCC)COC1OC(CO)C(O)C(OS(=O)(=O)O)C1O. The fraction of sp³-hybridized carbons (Fsp3) is 0.865. The summed E-state index contributed by atoms with van der Waals surface area (Å²) in [4.78, 5) is 12.9. The van der Waals surface area contributed by atoms with Crippen molar-refractivity contribution < 1.29 is 56.2 Å². The summed E-state index contributed by atoms with van der Waals surface area (Å²) in [6.07, 6.45) is 43.1. The average Bonchev–Trinajstić information content (AvgIpc) is 3.28. The Morgan fingerprint density at radius 3 is 1.51 bits per heavy atom. The number of aliphatic hydroxyl groups excluding tert-OH is 3. The molecule has 1 heterocycles. The first-order chi connectivity index (χ1) is 31.6. The Balaban J connectivity index is 2.36. The zero-order valence-corrected chi connectivity index (χ0v) is 41.9. The smallest absolute Gasteiger partial charge is 0.397 e. The lowest BCUT2D eigenvalue weighted by Gasteiger charge is -2.41. The van der Waals surface area contributed by atoms with E-state index in [9.17, 15) is 33.1 Å². The first-order valence-electron chi connectivity index (χ1n) is 26.2. The van der Waals surface area contributed by atoms with Gasteiger partial charge < -0.3 is 34.3 Å². The minimum absolute atomic E-state index is 0.0336. The molecule has 1 aliphatic rings. The molecule has 0 aromatic carbocycles. The van der Waals surface area contributed by atoms with Crippen LogP contribution in [0.1, 0.15) is 226 Å². The van der Waals surface area contributed by atoms with Crippen molar-refractivity contribution in [2.24, 2.45) is 0 Å². The van der Waals surface area contributed by atoms with E-state index >= 15 is 0 Å². The van der Waals surface area contributed by atoms with E-state index in [-0.39, 0.29) is 19.6 Å². The van der Waals surface area contributed by atoms with Gasteiger partial charge in [0.1, 0.15) is 30.5 Å². The van der Waals surface area contributed by atoms with E-state index in [0.29, 0.717) is 13.0 Å². The minimum atomic E-state index is -5.07. The number of rotatable bonds is 46. The van der Waals surface area contributed by atoms with Crippen LogP contribution < -0.4 is 0 Å². The van der Waals surface area contributed by atoms with Gasteiger partial charge in [-0.2, -0.15) is 8.42 Å². The molecule has 1 saturated heterocycles. The lowest BCUT2D eigenvalue weighted by atomic mass is 9.99. The third-order valence-corrected chi connectivity index (χ3v) is 12.5. The second-order valence-corrected chi connectivity index (χ2v) is 19.2. The molecule has 65 heavy (non-hydrogen) atoms. The molecule has 0 saturated carbocycles. The summed E-state index contributed by atoms with van der Waals surface area (Å²) in [5.41, 5.74) is 0. The maximum atomic E-state index is 12.9. The number of aliphatic hydroxyl groups is 3. The van der Waals surface area contributed by atoms with Crippen LogP contribution in [0.25, 0.3) is 0 Å². The number of esters is 1. The Bertz CT molecular complexity index is 1270. The van der Waals surface area contributed by atoms with Gasteiger partial charge in [-0.1, -0.05) is 185 Å². The Hall–Kier alpha value is -1.68. The summed E-state index contributed by atoms with van der Waals surface area (Å²) < 4.78 is 59.3. The average molecular weight is 945 g/mol. The highest BCUT2D eigenvalue weighted by Gasteiger charge is 2.48. The fourth-order valence-corrected chi connectivity index (χ4v) is 8.50. The lowest BCUT2D eigenvalue weighted by Crippen LogP contribution is -2.60. The molecule has 382 valence electrons. The number of hydrogen-bond acceptors (Lipinski definition) is 11. The van der Waals surface area contributed by atoms with E-state index in [1.807, 2.05) is 0 Å². The van der Waals surface area contributed by atoms with Gasteiger partial charge in [0.2, 0.25) is 0 Å². The molecule has 1 fully saturated rings. The molecule has 1 rings (SSSR count). The monoisotopic (exact) mass is 945 g/mol. The van der Waals surface area contributed by atoms with Gasteiger partial charge in [-0.25, -0.2) is 4.18 Å². The molecule has 0 aromatic heterocycles. The molecule has 0 radical (unpaired) electrons. The molecular weight excluding hydrogens is 849 g/mol. The summed E-state index contributed by atoms with van der Waals surface area (Å²) in [6.45, 7) is 3.98. The van der Waals surface area contributed by atoms with Crippen LogP contribution in [-0.2, 0) is 38.3 Å². The highest BCUT2D eigenvalue weighted by Crippen LogP contribution is 2.26. The molecule has 0 spiro atoms. The third-order valence-electron chi connectivity index (χ3n) is 12.0. The van der Waals surface area contributed by atoms with E-state index in [0.717, 1.165) is 51.4 Å². The topological polar surface area (TPSA) is 178 Å². The van der Waals surface area contributed by atoms with Crippen molar-refractivity contribution in [2.75, 3.05) is 26.4 Å². The van der Waals surface area contributed by atoms with Crippen LogP contribution in [0.3, 0.4) is 0 Å². The van der Waals surface area contributed by atoms with Crippen LogP contribution in [0.2, 0.25) is 0 Å². The Morgan fingerprint density at radius 1 is 0.585 bits per heavy atom. The molecule has 0 bridgehead atoms. The van der Waals surface area contributed by atoms with Crippen molar-refractivity contribution >= 4 is 16.4 Å². The van der Waals surface area contributed by atoms with Gasteiger partial charge in [0.15, 0.2) is 6.29 Å². The second-order valence-electron chi connectivity index (χ2n) is 18.1. The molecule has 13 heteroatoms. The maximum absolute atomic E-state index is 12.9. The highest BCUT2D eigenvalue weighted by atomic mass is 32.3. The number of carbonyl (C=O) groups is 1. The quantitative estimate of drug-likeness (QED) is 0.0197. The molecule has 0 amide bonds. The second kappa shape index (κ2) is 43.6. The molecule has 6 unspecified atom stereocenters. The summed E-state index contributed by atoms with van der Waals surface area (Å²) >= 11 is 0. The van der Waals surface area contributed by atoms with Crippen LogP contribution in [0.15, 0.2) is 36.5 Å². The van der Waals surface area contributed by atoms with Crippen molar-refractivity contribution in [2.45, 2.75) is 263 Å². The number of unbranched alkanes of at least 4 members (excludes halogenated alkanes) is 27. The summed E-state index contributed by atoms with van der Waals surface area (Å²) in [5.74, 6) is -0.403. The summed E-state index contributed by atoms with van der Waals surface area (Å²) in [7, 11) is -5.07. The minimum Gasteiger partial charge on any atom is -0.457 e. The number of hydrogen-bond donors (Lipinski definition) is 4. The zero-order valence-electron chi connectivity index (χ0n) is 41.1. The van der Waals surface area contributed by atoms with Crippen molar-refractivity contribution in [3.8, 4) is 0 Å². The number of ether oxygens (including phenoxy) is 4. The standard InChI is InChI=1S/C52H96O12S/c1-3-5-7-9-11-13-15-17-19-21-23-25-27-29-31-33-35-37-39-41-48(54)62-46(45-61-52-50(56)51(64-65(57,58)59)49(55)47(43-53)63-52)44-60-42-40-38-36-34-32-30-28-26-24-22-20-18-16-14-12-10-8-6-4-2/h11,13,17,19-20,22,46-47,49-53,55-56H,3-10,12,14-16,18,21,23-45H2,1-2H3,(H,57,58,59)/b13-11-,19-17-,22-20-. The third kappa shape index (κ3) is 37.0. The lowest BCUT2D eigenvalue weighted by molar-refractivity contribution is -0.301. The molecule has 6 atom stereocenters. The predicted octanol–water partition coefficient (Wildman–Crippen LogP) is 12.1. The van der Waals surface area contributed by atoms with E-state index < -0.39 is 59.8 Å². The number of allylic oxidation sites excluding steroid dienone is 6. The van der Waals surface area contributed by atoms with E-state index in [2.05, 4.69) is 54.5 Å². The largest absolute Gasteiger partial charge is 0.457 e. The van der Waals surface area contributed by atoms with Gasteiger partial charge >= 0.3 is 16.4 Å².